The average molecular weight is 524 g/mol. The molecule has 4 atom stereocenters. The number of hydrogen-bond donors (Lipinski definition) is 6. The van der Waals surface area contributed by atoms with Gasteiger partial charge in [-0.2, -0.15) is 16.8 Å². The van der Waals surface area contributed by atoms with Crippen molar-refractivity contribution in [3.05, 3.63) is 0 Å². The molecule has 0 aliphatic rings. The first-order valence-electron chi connectivity index (χ1n) is 10.9. The van der Waals surface area contributed by atoms with Crippen molar-refractivity contribution in [1.29, 1.82) is 0 Å². The lowest BCUT2D eigenvalue weighted by molar-refractivity contribution is -0.146. The zero-order valence-electron chi connectivity index (χ0n) is 18.7. The molecule has 0 heterocycles. The summed E-state index contributed by atoms with van der Waals surface area (Å²) in [5.41, 5.74) is 0. The molecule has 0 spiro atoms. The molecule has 33 heavy (non-hydrogen) atoms. The Hall–Kier alpha value is -0.910. The van der Waals surface area contributed by atoms with E-state index in [0.29, 0.717) is 6.42 Å². The molecule has 0 saturated heterocycles. The van der Waals surface area contributed by atoms with E-state index in [0.717, 1.165) is 25.7 Å². The largest absolute Gasteiger partial charge is 0.397 e. The third kappa shape index (κ3) is 17.2. The molecule has 198 valence electrons. The molecule has 15 heteroatoms. The van der Waals surface area contributed by atoms with E-state index in [1.807, 2.05) is 0 Å². The highest BCUT2D eigenvalue weighted by Gasteiger charge is 2.38. The second-order valence-corrected chi connectivity index (χ2v) is 9.81. The Morgan fingerprint density at radius 2 is 1.27 bits per heavy atom. The maximum atomic E-state index is 12.0. The Bertz CT molecular complexity index is 744. The van der Waals surface area contributed by atoms with E-state index in [4.69, 9.17) is 9.11 Å². The van der Waals surface area contributed by atoms with E-state index in [1.54, 1.807) is 0 Å². The maximum Gasteiger partial charge on any atom is 0.397 e. The average Bonchev–Trinajstić information content (AvgIpc) is 2.71. The van der Waals surface area contributed by atoms with Crippen LogP contribution >= 0.6 is 0 Å². The topological polar surface area (TPSA) is 217 Å². The molecule has 0 rings (SSSR count). The summed E-state index contributed by atoms with van der Waals surface area (Å²) in [6.07, 6.45) is 1.55. The molecule has 6 N–H and O–H groups in total. The van der Waals surface area contributed by atoms with Crippen molar-refractivity contribution >= 4 is 26.7 Å². The fourth-order valence-electron chi connectivity index (χ4n) is 2.98. The number of aliphatic hydroxyl groups excluding tert-OH is 3. The van der Waals surface area contributed by atoms with Gasteiger partial charge in [-0.25, -0.2) is 8.37 Å². The highest BCUT2D eigenvalue weighted by molar-refractivity contribution is 7.81. The zero-order chi connectivity index (χ0) is 25.5. The molecular weight excluding hydrogens is 486 g/mol. The van der Waals surface area contributed by atoms with Crippen LogP contribution in [0.2, 0.25) is 0 Å². The first kappa shape index (κ1) is 32.1. The Morgan fingerprint density at radius 3 is 1.73 bits per heavy atom. The molecule has 0 aromatic rings. The molecule has 1 amide bonds. The van der Waals surface area contributed by atoms with Gasteiger partial charge in [0.05, 0.1) is 6.61 Å². The number of hydrogen-bond acceptors (Lipinski definition) is 10. The van der Waals surface area contributed by atoms with E-state index in [1.165, 1.54) is 32.1 Å². The number of aliphatic hydroxyl groups is 3. The number of nitrogens with one attached hydrogen (secondary N) is 1. The Balaban J connectivity index is 4.40. The third-order valence-electron chi connectivity index (χ3n) is 4.78. The Kier molecular flexibility index (Phi) is 16.2. The summed E-state index contributed by atoms with van der Waals surface area (Å²) in [5, 5.41) is 32.2. The van der Waals surface area contributed by atoms with Gasteiger partial charge in [-0.1, -0.05) is 64.7 Å². The monoisotopic (exact) mass is 523 g/mol. The van der Waals surface area contributed by atoms with Gasteiger partial charge in [0.1, 0.15) is 18.3 Å². The number of unbranched alkanes of at least 4 members (excludes halogenated alkanes) is 9. The Morgan fingerprint density at radius 1 is 0.788 bits per heavy atom. The minimum Gasteiger partial charge on any atom is -0.387 e. The number of rotatable bonds is 20. The van der Waals surface area contributed by atoms with Gasteiger partial charge in [0.15, 0.2) is 6.10 Å². The van der Waals surface area contributed by atoms with Gasteiger partial charge < -0.3 is 20.6 Å². The van der Waals surface area contributed by atoms with E-state index in [9.17, 15) is 36.9 Å². The van der Waals surface area contributed by atoms with Crippen molar-refractivity contribution < 1.29 is 54.4 Å². The quantitative estimate of drug-likeness (QED) is 0.0925. The van der Waals surface area contributed by atoms with Crippen LogP contribution < -0.4 is 5.32 Å². The Labute approximate surface area is 195 Å². The van der Waals surface area contributed by atoms with E-state index >= 15 is 0 Å². The predicted octanol–water partition coefficient (Wildman–Crippen LogP) is 0.114. The van der Waals surface area contributed by atoms with Crippen molar-refractivity contribution in [2.45, 2.75) is 95.5 Å². The second-order valence-electron chi connectivity index (χ2n) is 7.67. The van der Waals surface area contributed by atoms with Gasteiger partial charge in [0.2, 0.25) is 0 Å². The molecule has 0 radical (unpaired) electrons. The van der Waals surface area contributed by atoms with E-state index in [-0.39, 0.29) is 6.54 Å². The SMILES string of the molecule is CCCCCCCCCCCCNC(=O)[C@@H](O)[C@H](O)[C@H](O)[C@@H](COS(=O)(=O)O)OS(=O)(=O)O. The number of amides is 1. The molecule has 0 aliphatic carbocycles. The standard InChI is InChI=1S/C18H37NO12S2/c1-2-3-4-5-6-7-8-9-10-11-12-19-18(23)17(22)16(21)15(20)14(31-33(27,28)29)13-30-32(24,25)26/h14-17,20-22H,2-13H2,1H3,(H,19,23)(H,24,25,26)(H,27,28,29)/t14-,15-,16-,17+/m1/s1. The van der Waals surface area contributed by atoms with Crippen molar-refractivity contribution in [2.75, 3.05) is 13.2 Å². The summed E-state index contributed by atoms with van der Waals surface area (Å²) in [5.74, 6) is -1.07. The van der Waals surface area contributed by atoms with Crippen LogP contribution in [-0.2, 0) is 34.0 Å². The number of carbonyl (C=O) groups excluding carboxylic acids is 1. The lowest BCUT2D eigenvalue weighted by atomic mass is 10.0. The van der Waals surface area contributed by atoms with Crippen LogP contribution in [0.4, 0.5) is 0 Å². The zero-order valence-corrected chi connectivity index (χ0v) is 20.3. The summed E-state index contributed by atoms with van der Waals surface area (Å²) in [6.45, 7) is 0.994. The summed E-state index contributed by atoms with van der Waals surface area (Å²) < 4.78 is 68.1. The van der Waals surface area contributed by atoms with Crippen molar-refractivity contribution in [2.24, 2.45) is 0 Å². The van der Waals surface area contributed by atoms with Gasteiger partial charge in [0, 0.05) is 6.54 Å². The van der Waals surface area contributed by atoms with E-state index in [2.05, 4.69) is 20.6 Å². The first-order chi connectivity index (χ1) is 15.3. The van der Waals surface area contributed by atoms with Gasteiger partial charge in [-0.3, -0.25) is 13.9 Å². The molecule has 0 aromatic heterocycles. The summed E-state index contributed by atoms with van der Waals surface area (Å²) in [7, 11) is -10.3. The molecule has 0 bridgehead atoms. The van der Waals surface area contributed by atoms with Crippen molar-refractivity contribution in [3.8, 4) is 0 Å². The molecule has 0 aromatic carbocycles. The van der Waals surface area contributed by atoms with Crippen molar-refractivity contribution in [3.63, 3.8) is 0 Å². The highest BCUT2D eigenvalue weighted by atomic mass is 32.3. The minimum absolute atomic E-state index is 0.187. The smallest absolute Gasteiger partial charge is 0.387 e. The van der Waals surface area contributed by atoms with Gasteiger partial charge in [0.25, 0.3) is 5.91 Å². The van der Waals surface area contributed by atoms with Gasteiger partial charge in [-0.15, -0.1) is 0 Å². The molecule has 0 aliphatic heterocycles. The van der Waals surface area contributed by atoms with Crippen LogP contribution in [-0.4, -0.2) is 84.7 Å². The predicted molar refractivity (Wildman–Crippen MR) is 117 cm³/mol. The summed E-state index contributed by atoms with van der Waals surface area (Å²) in [4.78, 5) is 12.0. The maximum absolute atomic E-state index is 12.0. The summed E-state index contributed by atoms with van der Waals surface area (Å²) in [6, 6.07) is 0. The van der Waals surface area contributed by atoms with Crippen LogP contribution in [0.25, 0.3) is 0 Å². The lowest BCUT2D eigenvalue weighted by Crippen LogP contribution is -2.53. The minimum atomic E-state index is -5.26. The normalized spacial score (nSPS) is 16.2. The molecule has 0 unspecified atom stereocenters. The van der Waals surface area contributed by atoms with Crippen LogP contribution in [0.1, 0.15) is 71.1 Å². The molecular formula is C18H37NO12S2. The van der Waals surface area contributed by atoms with Crippen LogP contribution in [0.15, 0.2) is 0 Å². The fraction of sp³-hybridized carbons (Fsp3) is 0.944. The van der Waals surface area contributed by atoms with Gasteiger partial charge >= 0.3 is 20.8 Å². The fourth-order valence-corrected chi connectivity index (χ4v) is 3.77. The number of carbonyl (C=O) groups is 1. The van der Waals surface area contributed by atoms with E-state index < -0.39 is 57.7 Å². The van der Waals surface area contributed by atoms with Crippen LogP contribution in [0.5, 0.6) is 0 Å². The van der Waals surface area contributed by atoms with Crippen molar-refractivity contribution in [1.82, 2.24) is 5.32 Å². The third-order valence-corrected chi connectivity index (χ3v) is 5.70. The molecule has 13 nitrogen and oxygen atoms in total. The lowest BCUT2D eigenvalue weighted by Gasteiger charge is -2.27. The molecule has 0 fully saturated rings. The second kappa shape index (κ2) is 16.7. The van der Waals surface area contributed by atoms with Gasteiger partial charge in [-0.05, 0) is 6.42 Å². The first-order valence-corrected chi connectivity index (χ1v) is 13.6. The highest BCUT2D eigenvalue weighted by Crippen LogP contribution is 2.13. The molecule has 0 saturated carbocycles. The van der Waals surface area contributed by atoms with Crippen LogP contribution in [0, 0.1) is 0 Å². The van der Waals surface area contributed by atoms with Crippen LogP contribution in [0.3, 0.4) is 0 Å². The summed E-state index contributed by atoms with van der Waals surface area (Å²) >= 11 is 0.